The van der Waals surface area contributed by atoms with Crippen molar-refractivity contribution in [1.82, 2.24) is 0 Å². The van der Waals surface area contributed by atoms with Crippen LogP contribution in [0.25, 0.3) is 0 Å². The summed E-state index contributed by atoms with van der Waals surface area (Å²) in [6.07, 6.45) is 4.04. The summed E-state index contributed by atoms with van der Waals surface area (Å²) < 4.78 is 1.20. The number of hydrogen-bond donors (Lipinski definition) is 1. The van der Waals surface area contributed by atoms with Crippen LogP contribution in [0.3, 0.4) is 0 Å². The Morgan fingerprint density at radius 2 is 2.23 bits per heavy atom. The molecule has 1 nitrogen and oxygen atoms in total. The van der Waals surface area contributed by atoms with Crippen molar-refractivity contribution in [3.63, 3.8) is 0 Å². The van der Waals surface area contributed by atoms with E-state index in [0.717, 1.165) is 12.0 Å². The number of nitrogens with one attached hydrogen (secondary N) is 1. The lowest BCUT2D eigenvalue weighted by Crippen LogP contribution is -2.42. The van der Waals surface area contributed by atoms with Gasteiger partial charge in [-0.2, -0.15) is 0 Å². The van der Waals surface area contributed by atoms with Crippen LogP contribution < -0.4 is 5.32 Å². The Balaban J connectivity index is 2.00. The van der Waals surface area contributed by atoms with Gasteiger partial charge in [-0.15, -0.1) is 0 Å². The van der Waals surface area contributed by atoms with Gasteiger partial charge in [0.05, 0.1) is 0 Å². The minimum atomic E-state index is 0.772. The minimum Gasteiger partial charge on any atom is -0.382 e. The number of halogens is 1. The van der Waals surface area contributed by atoms with Crippen molar-refractivity contribution in [2.24, 2.45) is 5.92 Å². The maximum Gasteiger partial charge on any atom is 0.0375 e. The highest BCUT2D eigenvalue weighted by atomic mass is 79.9. The smallest absolute Gasteiger partial charge is 0.0375 e. The molecule has 3 rings (SSSR count). The van der Waals surface area contributed by atoms with Crippen LogP contribution in [0.4, 0.5) is 5.69 Å². The van der Waals surface area contributed by atoms with Crippen LogP contribution in [-0.4, -0.2) is 6.04 Å². The average Bonchev–Trinajstić information content (AvgIpc) is 2.09. The lowest BCUT2D eigenvalue weighted by atomic mass is 9.73. The number of anilines is 1. The third-order valence-electron chi connectivity index (χ3n) is 3.31. The summed E-state index contributed by atoms with van der Waals surface area (Å²) in [7, 11) is 0. The lowest BCUT2D eigenvalue weighted by molar-refractivity contribution is 0.266. The van der Waals surface area contributed by atoms with Gasteiger partial charge in [-0.05, 0) is 48.9 Å². The summed E-state index contributed by atoms with van der Waals surface area (Å²) in [5, 5.41) is 3.60. The van der Waals surface area contributed by atoms with Crippen molar-refractivity contribution in [3.8, 4) is 0 Å². The Labute approximate surface area is 86.7 Å². The molecule has 2 unspecified atom stereocenters. The molecule has 1 aliphatic carbocycles. The van der Waals surface area contributed by atoms with Crippen LogP contribution in [0.5, 0.6) is 0 Å². The summed E-state index contributed by atoms with van der Waals surface area (Å²) >= 11 is 3.52. The molecule has 1 fully saturated rings. The Kier molecular flexibility index (Phi) is 1.66. The third kappa shape index (κ3) is 1.19. The van der Waals surface area contributed by atoms with Gasteiger partial charge in [-0.25, -0.2) is 0 Å². The van der Waals surface area contributed by atoms with Gasteiger partial charge in [0.15, 0.2) is 0 Å². The highest BCUT2D eigenvalue weighted by Crippen LogP contribution is 2.40. The molecule has 1 N–H and O–H groups in total. The normalized spacial score (nSPS) is 29.6. The monoisotopic (exact) mass is 237 g/mol. The van der Waals surface area contributed by atoms with Crippen LogP contribution >= 0.6 is 15.9 Å². The molecule has 0 amide bonds. The van der Waals surface area contributed by atoms with E-state index in [1.54, 1.807) is 0 Å². The van der Waals surface area contributed by atoms with Gasteiger partial charge in [0, 0.05) is 16.2 Å². The molecular weight excluding hydrogens is 226 g/mol. The first-order valence-electron chi connectivity index (χ1n) is 4.88. The fourth-order valence-corrected chi connectivity index (χ4v) is 2.77. The van der Waals surface area contributed by atoms with Gasteiger partial charge in [0.2, 0.25) is 0 Å². The summed E-state index contributed by atoms with van der Waals surface area (Å²) in [6, 6.07) is 7.32. The van der Waals surface area contributed by atoms with Crippen LogP contribution in [0.2, 0.25) is 0 Å². The Morgan fingerprint density at radius 3 is 3.00 bits per heavy atom. The van der Waals surface area contributed by atoms with Crippen LogP contribution in [0, 0.1) is 5.92 Å². The summed E-state index contributed by atoms with van der Waals surface area (Å²) in [5.41, 5.74) is 2.83. The molecule has 2 aliphatic rings. The molecule has 1 saturated carbocycles. The summed E-state index contributed by atoms with van der Waals surface area (Å²) in [4.78, 5) is 0. The molecule has 2 heteroatoms. The van der Waals surface area contributed by atoms with E-state index in [1.807, 2.05) is 0 Å². The molecule has 1 aromatic carbocycles. The second-order valence-corrected chi connectivity index (χ2v) is 5.01. The SMILES string of the molecule is Brc1ccc2c(c1)CC1CCC1N2. The molecule has 0 saturated heterocycles. The van der Waals surface area contributed by atoms with Gasteiger partial charge in [0.25, 0.3) is 0 Å². The Morgan fingerprint density at radius 1 is 1.31 bits per heavy atom. The second kappa shape index (κ2) is 2.74. The zero-order chi connectivity index (χ0) is 8.84. The molecule has 1 heterocycles. The van der Waals surface area contributed by atoms with Gasteiger partial charge >= 0.3 is 0 Å². The molecular formula is C11H12BrN. The molecule has 13 heavy (non-hydrogen) atoms. The number of rotatable bonds is 0. The molecule has 0 bridgehead atoms. The van der Waals surface area contributed by atoms with E-state index in [1.165, 1.54) is 35.0 Å². The number of hydrogen-bond acceptors (Lipinski definition) is 1. The first-order chi connectivity index (χ1) is 6.33. The Bertz CT molecular complexity index is 348. The first-order valence-corrected chi connectivity index (χ1v) is 5.67. The van der Waals surface area contributed by atoms with E-state index in [-0.39, 0.29) is 0 Å². The van der Waals surface area contributed by atoms with Crippen LogP contribution in [-0.2, 0) is 6.42 Å². The van der Waals surface area contributed by atoms with Crippen molar-refractivity contribution in [2.45, 2.75) is 25.3 Å². The highest BCUT2D eigenvalue weighted by Gasteiger charge is 2.34. The zero-order valence-electron chi connectivity index (χ0n) is 7.39. The molecule has 1 aliphatic heterocycles. The quantitative estimate of drug-likeness (QED) is 0.731. The van der Waals surface area contributed by atoms with Gasteiger partial charge in [-0.3, -0.25) is 0 Å². The zero-order valence-corrected chi connectivity index (χ0v) is 8.97. The van der Waals surface area contributed by atoms with E-state index in [9.17, 15) is 0 Å². The molecule has 0 radical (unpaired) electrons. The van der Waals surface area contributed by atoms with Crippen molar-refractivity contribution in [1.29, 1.82) is 0 Å². The highest BCUT2D eigenvalue weighted by molar-refractivity contribution is 9.10. The van der Waals surface area contributed by atoms with E-state index in [0.29, 0.717) is 0 Å². The maximum absolute atomic E-state index is 3.60. The van der Waals surface area contributed by atoms with Crippen molar-refractivity contribution in [3.05, 3.63) is 28.2 Å². The standard InChI is InChI=1S/C11H12BrN/c12-9-2-4-11-8(6-9)5-7-1-3-10(7)13-11/h2,4,6-7,10,13H,1,3,5H2. The summed E-state index contributed by atoms with van der Waals surface area (Å²) in [5.74, 6) is 0.904. The first kappa shape index (κ1) is 7.86. The lowest BCUT2D eigenvalue weighted by Gasteiger charge is -2.42. The topological polar surface area (TPSA) is 12.0 Å². The molecule has 1 aromatic rings. The van der Waals surface area contributed by atoms with Crippen LogP contribution in [0.15, 0.2) is 22.7 Å². The maximum atomic E-state index is 3.60. The third-order valence-corrected chi connectivity index (χ3v) is 3.80. The number of fused-ring (bicyclic) bond motifs is 2. The van der Waals surface area contributed by atoms with Gasteiger partial charge in [0.1, 0.15) is 0 Å². The molecule has 68 valence electrons. The van der Waals surface area contributed by atoms with E-state index >= 15 is 0 Å². The fourth-order valence-electron chi connectivity index (χ4n) is 2.36. The average molecular weight is 238 g/mol. The van der Waals surface area contributed by atoms with Crippen LogP contribution in [0.1, 0.15) is 18.4 Å². The molecule has 0 spiro atoms. The molecule has 0 aromatic heterocycles. The predicted molar refractivity (Wildman–Crippen MR) is 58.0 cm³/mol. The Hall–Kier alpha value is -0.500. The summed E-state index contributed by atoms with van der Waals surface area (Å²) in [6.45, 7) is 0. The van der Waals surface area contributed by atoms with E-state index in [2.05, 4.69) is 39.4 Å². The molecule has 2 atom stereocenters. The fraction of sp³-hybridized carbons (Fsp3) is 0.455. The largest absolute Gasteiger partial charge is 0.382 e. The van der Waals surface area contributed by atoms with Crippen molar-refractivity contribution >= 4 is 21.6 Å². The van der Waals surface area contributed by atoms with E-state index < -0.39 is 0 Å². The van der Waals surface area contributed by atoms with Gasteiger partial charge in [-0.1, -0.05) is 15.9 Å². The predicted octanol–water partition coefficient (Wildman–Crippen LogP) is 3.20. The van der Waals surface area contributed by atoms with Crippen molar-refractivity contribution < 1.29 is 0 Å². The van der Waals surface area contributed by atoms with Gasteiger partial charge < -0.3 is 5.32 Å². The van der Waals surface area contributed by atoms with E-state index in [4.69, 9.17) is 0 Å². The second-order valence-electron chi connectivity index (χ2n) is 4.09. The number of benzene rings is 1. The minimum absolute atomic E-state index is 0.772. The van der Waals surface area contributed by atoms with Crippen molar-refractivity contribution in [2.75, 3.05) is 5.32 Å².